The molecule has 1 heterocycles. The molecule has 0 aromatic rings. The molecule has 0 aromatic carbocycles. The summed E-state index contributed by atoms with van der Waals surface area (Å²) in [6.07, 6.45) is 0.758. The van der Waals surface area contributed by atoms with Gasteiger partial charge in [-0.1, -0.05) is 0 Å². The first-order valence-corrected chi connectivity index (χ1v) is 3.66. The molecular formula is C7H9N3O2. The highest BCUT2D eigenvalue weighted by atomic mass is 16.2. The van der Waals surface area contributed by atoms with Crippen molar-refractivity contribution in [2.24, 2.45) is 0 Å². The maximum Gasteiger partial charge on any atom is 0.325 e. The fourth-order valence-corrected chi connectivity index (χ4v) is 1.10. The van der Waals surface area contributed by atoms with Crippen LogP contribution in [0, 0.1) is 11.3 Å². The third-order valence-electron chi connectivity index (χ3n) is 1.85. The number of piperazine rings is 1. The van der Waals surface area contributed by atoms with Gasteiger partial charge in [-0.3, -0.25) is 9.59 Å². The Morgan fingerprint density at radius 2 is 1.92 bits per heavy atom. The average Bonchev–Trinajstić information content (AvgIpc) is 2.17. The summed E-state index contributed by atoms with van der Waals surface area (Å²) in [6, 6.07) is 1.55. The van der Waals surface area contributed by atoms with Gasteiger partial charge in [0.1, 0.15) is 0 Å². The summed E-state index contributed by atoms with van der Waals surface area (Å²) in [6.45, 7) is 1.98. The highest BCUT2D eigenvalue weighted by molar-refractivity contribution is 5.91. The average molecular weight is 167 g/mol. The third kappa shape index (κ3) is 1.72. The van der Waals surface area contributed by atoms with Gasteiger partial charge in [-0.05, 0) is 0 Å². The highest BCUT2D eigenvalue weighted by Gasteiger charge is 2.18. The molecule has 0 unspecified atom stereocenters. The Morgan fingerprint density at radius 1 is 1.33 bits per heavy atom. The van der Waals surface area contributed by atoms with Crippen molar-refractivity contribution in [2.45, 2.75) is 0 Å². The van der Waals surface area contributed by atoms with Crippen LogP contribution in [0.3, 0.4) is 0 Å². The van der Waals surface area contributed by atoms with Gasteiger partial charge in [-0.25, -0.2) is 0 Å². The van der Waals surface area contributed by atoms with Gasteiger partial charge in [-0.15, -0.1) is 0 Å². The predicted octanol–water partition coefficient (Wildman–Crippen LogP) is -1.19. The molecule has 5 nitrogen and oxygen atoms in total. The lowest BCUT2D eigenvalue weighted by atomic mass is 10.3. The Kier molecular flexibility index (Phi) is 2.64. The minimum absolute atomic E-state index is 0.463. The minimum atomic E-state index is -0.513. The van der Waals surface area contributed by atoms with Crippen LogP contribution in [0.1, 0.15) is 0 Å². The Bertz CT molecular complexity index is 225. The Morgan fingerprint density at radius 3 is 2.33 bits per heavy atom. The first-order valence-electron chi connectivity index (χ1n) is 3.66. The van der Waals surface area contributed by atoms with Crippen molar-refractivity contribution in [2.75, 3.05) is 26.2 Å². The van der Waals surface area contributed by atoms with Crippen LogP contribution in [0.15, 0.2) is 0 Å². The number of nitrogens with zero attached hydrogens (tertiary/aromatic N) is 3. The number of carbonyl (C=O) groups excluding carboxylic acids is 2. The van der Waals surface area contributed by atoms with Crippen molar-refractivity contribution in [1.82, 2.24) is 9.80 Å². The van der Waals surface area contributed by atoms with Crippen molar-refractivity contribution in [3.63, 3.8) is 0 Å². The lowest BCUT2D eigenvalue weighted by molar-refractivity contribution is -0.130. The van der Waals surface area contributed by atoms with Crippen molar-refractivity contribution >= 4 is 12.3 Å². The van der Waals surface area contributed by atoms with E-state index in [9.17, 15) is 9.59 Å². The second-order valence-electron chi connectivity index (χ2n) is 2.55. The fourth-order valence-electron chi connectivity index (χ4n) is 1.10. The first-order chi connectivity index (χ1) is 5.77. The maximum absolute atomic E-state index is 10.8. The topological polar surface area (TPSA) is 64.4 Å². The predicted molar refractivity (Wildman–Crippen MR) is 39.8 cm³/mol. The number of hydrogen-bond acceptors (Lipinski definition) is 3. The van der Waals surface area contributed by atoms with Gasteiger partial charge < -0.3 is 9.80 Å². The first kappa shape index (κ1) is 8.53. The Hall–Kier alpha value is -1.57. The largest absolute Gasteiger partial charge is 0.342 e. The Balaban J connectivity index is 2.41. The van der Waals surface area contributed by atoms with Gasteiger partial charge in [-0.2, -0.15) is 5.26 Å². The molecule has 0 aromatic heterocycles. The standard InChI is InChI=1S/C7H9N3O2/c8-5-7(12)10-3-1-9(6-11)2-4-10/h6H,1-4H2. The van der Waals surface area contributed by atoms with E-state index in [0.717, 1.165) is 6.41 Å². The van der Waals surface area contributed by atoms with Gasteiger partial charge in [0.05, 0.1) is 0 Å². The van der Waals surface area contributed by atoms with E-state index in [0.29, 0.717) is 26.2 Å². The summed E-state index contributed by atoms with van der Waals surface area (Å²) < 4.78 is 0. The van der Waals surface area contributed by atoms with Crippen LogP contribution in [0.2, 0.25) is 0 Å². The molecule has 64 valence electrons. The lowest BCUT2D eigenvalue weighted by Crippen LogP contribution is -2.47. The Labute approximate surface area is 70.2 Å². The van der Waals surface area contributed by atoms with E-state index in [4.69, 9.17) is 5.26 Å². The number of nitriles is 1. The smallest absolute Gasteiger partial charge is 0.325 e. The molecule has 12 heavy (non-hydrogen) atoms. The molecule has 0 aliphatic carbocycles. The van der Waals surface area contributed by atoms with Crippen LogP contribution in [0.25, 0.3) is 0 Å². The zero-order chi connectivity index (χ0) is 8.97. The van der Waals surface area contributed by atoms with Crippen LogP contribution in [0.5, 0.6) is 0 Å². The van der Waals surface area contributed by atoms with E-state index in [1.54, 1.807) is 11.0 Å². The zero-order valence-electron chi connectivity index (χ0n) is 6.56. The maximum atomic E-state index is 10.8. The van der Waals surface area contributed by atoms with Crippen molar-refractivity contribution < 1.29 is 9.59 Å². The van der Waals surface area contributed by atoms with E-state index in [1.165, 1.54) is 4.90 Å². The molecular weight excluding hydrogens is 158 g/mol. The molecule has 0 atom stereocenters. The lowest BCUT2D eigenvalue weighted by Gasteiger charge is -2.30. The molecule has 5 heteroatoms. The molecule has 1 fully saturated rings. The second-order valence-corrected chi connectivity index (χ2v) is 2.55. The number of hydrogen-bond donors (Lipinski definition) is 0. The van der Waals surface area contributed by atoms with E-state index in [-0.39, 0.29) is 0 Å². The fraction of sp³-hybridized carbons (Fsp3) is 0.571. The SMILES string of the molecule is N#CC(=O)N1CCN(C=O)CC1. The minimum Gasteiger partial charge on any atom is -0.342 e. The summed E-state index contributed by atoms with van der Waals surface area (Å²) in [7, 11) is 0. The van der Waals surface area contributed by atoms with Crippen molar-refractivity contribution in [3.05, 3.63) is 0 Å². The summed E-state index contributed by atoms with van der Waals surface area (Å²) in [5, 5.41) is 8.29. The summed E-state index contributed by atoms with van der Waals surface area (Å²) in [5.41, 5.74) is 0. The molecule has 1 aliphatic rings. The number of carbonyl (C=O) groups is 2. The van der Waals surface area contributed by atoms with Crippen LogP contribution < -0.4 is 0 Å². The van der Waals surface area contributed by atoms with E-state index in [1.807, 2.05) is 0 Å². The molecule has 2 amide bonds. The molecule has 1 rings (SSSR count). The van der Waals surface area contributed by atoms with E-state index < -0.39 is 5.91 Å². The van der Waals surface area contributed by atoms with Gasteiger partial charge >= 0.3 is 5.91 Å². The molecule has 1 aliphatic heterocycles. The molecule has 0 saturated carbocycles. The molecule has 0 bridgehead atoms. The van der Waals surface area contributed by atoms with E-state index in [2.05, 4.69) is 0 Å². The normalized spacial score (nSPS) is 16.9. The van der Waals surface area contributed by atoms with E-state index >= 15 is 0 Å². The van der Waals surface area contributed by atoms with Crippen molar-refractivity contribution in [1.29, 1.82) is 5.26 Å². The van der Waals surface area contributed by atoms with Gasteiger partial charge in [0, 0.05) is 26.2 Å². The van der Waals surface area contributed by atoms with Crippen molar-refractivity contribution in [3.8, 4) is 6.07 Å². The highest BCUT2D eigenvalue weighted by Crippen LogP contribution is 1.98. The monoisotopic (exact) mass is 167 g/mol. The zero-order valence-corrected chi connectivity index (χ0v) is 6.56. The van der Waals surface area contributed by atoms with Gasteiger partial charge in [0.25, 0.3) is 0 Å². The van der Waals surface area contributed by atoms with Crippen LogP contribution >= 0.6 is 0 Å². The van der Waals surface area contributed by atoms with Crippen LogP contribution in [-0.2, 0) is 9.59 Å². The van der Waals surface area contributed by atoms with Gasteiger partial charge in [0.2, 0.25) is 6.41 Å². The van der Waals surface area contributed by atoms with Crippen LogP contribution in [-0.4, -0.2) is 48.3 Å². The quantitative estimate of drug-likeness (QED) is 0.364. The second kappa shape index (κ2) is 3.72. The number of amides is 2. The molecule has 0 N–H and O–H groups in total. The summed E-state index contributed by atoms with van der Waals surface area (Å²) in [4.78, 5) is 24.1. The van der Waals surface area contributed by atoms with Gasteiger partial charge in [0.15, 0.2) is 6.07 Å². The summed E-state index contributed by atoms with van der Waals surface area (Å²) >= 11 is 0. The summed E-state index contributed by atoms with van der Waals surface area (Å²) in [5.74, 6) is -0.513. The number of rotatable bonds is 1. The molecule has 0 spiro atoms. The molecule has 0 radical (unpaired) electrons. The molecule has 1 saturated heterocycles. The van der Waals surface area contributed by atoms with Crippen LogP contribution in [0.4, 0.5) is 0 Å². The third-order valence-corrected chi connectivity index (χ3v) is 1.85.